The fraction of sp³-hybridized carbons (Fsp3) is 0.381. The van der Waals surface area contributed by atoms with Crippen LogP contribution in [0.15, 0.2) is 36.5 Å². The number of pyridine rings is 1. The molecule has 0 unspecified atom stereocenters. The van der Waals surface area contributed by atoms with Crippen LogP contribution in [0, 0.1) is 0 Å². The number of nitrogens with zero attached hydrogens (tertiary/aromatic N) is 2. The fourth-order valence-electron chi connectivity index (χ4n) is 2.82. The number of amides is 2. The number of anilines is 1. The lowest BCUT2D eigenvalue weighted by Crippen LogP contribution is -2.33. The van der Waals surface area contributed by atoms with E-state index >= 15 is 0 Å². The Kier molecular flexibility index (Phi) is 7.80. The van der Waals surface area contributed by atoms with Crippen molar-refractivity contribution in [2.45, 2.75) is 26.7 Å². The average molecular weight is 385 g/mol. The van der Waals surface area contributed by atoms with Crippen LogP contribution in [-0.4, -0.2) is 49.0 Å². The Labute approximate surface area is 165 Å². The standard InChI is InChI=1S/C21H27N3O4/c1-5-11-24(12-6-2)21(26)17-13-15(9-10-22-17)20(25)23-16-7-8-18(27-3)19(14-16)28-4/h7-10,13-14H,5-6,11-12H2,1-4H3,(H,23,25). The monoisotopic (exact) mass is 385 g/mol. The van der Waals surface area contributed by atoms with E-state index in [0.29, 0.717) is 35.8 Å². The molecule has 1 aromatic heterocycles. The molecule has 28 heavy (non-hydrogen) atoms. The summed E-state index contributed by atoms with van der Waals surface area (Å²) in [6.07, 6.45) is 3.21. The van der Waals surface area contributed by atoms with Crippen LogP contribution in [0.3, 0.4) is 0 Å². The highest BCUT2D eigenvalue weighted by Crippen LogP contribution is 2.29. The van der Waals surface area contributed by atoms with E-state index in [0.717, 1.165) is 12.8 Å². The molecule has 0 aliphatic carbocycles. The molecule has 2 rings (SSSR count). The van der Waals surface area contributed by atoms with Gasteiger partial charge in [0.25, 0.3) is 11.8 Å². The van der Waals surface area contributed by atoms with Gasteiger partial charge in [-0.05, 0) is 37.1 Å². The molecule has 2 aromatic rings. The first-order valence-electron chi connectivity index (χ1n) is 9.32. The minimum Gasteiger partial charge on any atom is -0.493 e. The quantitative estimate of drug-likeness (QED) is 0.713. The van der Waals surface area contributed by atoms with Crippen LogP contribution >= 0.6 is 0 Å². The number of carbonyl (C=O) groups is 2. The molecular formula is C21H27N3O4. The first-order valence-corrected chi connectivity index (χ1v) is 9.32. The summed E-state index contributed by atoms with van der Waals surface area (Å²) in [6.45, 7) is 5.37. The number of aromatic nitrogens is 1. The Balaban J connectivity index is 2.18. The molecule has 150 valence electrons. The normalized spacial score (nSPS) is 10.3. The van der Waals surface area contributed by atoms with Crippen molar-refractivity contribution < 1.29 is 19.1 Å². The van der Waals surface area contributed by atoms with Crippen molar-refractivity contribution in [3.8, 4) is 11.5 Å². The van der Waals surface area contributed by atoms with E-state index in [-0.39, 0.29) is 17.5 Å². The smallest absolute Gasteiger partial charge is 0.272 e. The molecule has 1 aromatic carbocycles. The van der Waals surface area contributed by atoms with E-state index in [1.807, 2.05) is 13.8 Å². The molecule has 0 spiro atoms. The van der Waals surface area contributed by atoms with Gasteiger partial charge >= 0.3 is 0 Å². The Morgan fingerprint density at radius 1 is 1.00 bits per heavy atom. The summed E-state index contributed by atoms with van der Waals surface area (Å²) in [6, 6.07) is 8.21. The third-order valence-corrected chi connectivity index (χ3v) is 4.16. The molecule has 2 amide bonds. The van der Waals surface area contributed by atoms with E-state index in [1.165, 1.54) is 19.4 Å². The Bertz CT molecular complexity index is 817. The Hall–Kier alpha value is -3.09. The van der Waals surface area contributed by atoms with Gasteiger partial charge in [-0.25, -0.2) is 0 Å². The molecule has 0 saturated heterocycles. The van der Waals surface area contributed by atoms with Crippen LogP contribution in [0.1, 0.15) is 47.5 Å². The van der Waals surface area contributed by atoms with E-state index in [2.05, 4.69) is 10.3 Å². The van der Waals surface area contributed by atoms with Crippen molar-refractivity contribution in [1.82, 2.24) is 9.88 Å². The zero-order valence-corrected chi connectivity index (χ0v) is 16.8. The maximum Gasteiger partial charge on any atom is 0.272 e. The number of rotatable bonds is 9. The van der Waals surface area contributed by atoms with Gasteiger partial charge < -0.3 is 19.7 Å². The average Bonchev–Trinajstić information content (AvgIpc) is 2.73. The lowest BCUT2D eigenvalue weighted by atomic mass is 10.2. The van der Waals surface area contributed by atoms with Crippen LogP contribution in [-0.2, 0) is 0 Å². The molecule has 0 aliphatic heterocycles. The van der Waals surface area contributed by atoms with Crippen molar-refractivity contribution >= 4 is 17.5 Å². The summed E-state index contributed by atoms with van der Waals surface area (Å²) in [5.74, 6) is 0.593. The van der Waals surface area contributed by atoms with Gasteiger partial charge in [0.15, 0.2) is 11.5 Å². The zero-order chi connectivity index (χ0) is 20.5. The molecule has 0 radical (unpaired) electrons. The van der Waals surface area contributed by atoms with Crippen molar-refractivity contribution in [1.29, 1.82) is 0 Å². The van der Waals surface area contributed by atoms with E-state index in [9.17, 15) is 9.59 Å². The Morgan fingerprint density at radius 3 is 2.29 bits per heavy atom. The number of benzene rings is 1. The van der Waals surface area contributed by atoms with Gasteiger partial charge in [0.2, 0.25) is 0 Å². The minimum absolute atomic E-state index is 0.163. The van der Waals surface area contributed by atoms with Gasteiger partial charge in [-0.15, -0.1) is 0 Å². The molecule has 0 aliphatic rings. The third kappa shape index (κ3) is 5.22. The molecule has 0 bridgehead atoms. The molecule has 0 saturated carbocycles. The second-order valence-corrected chi connectivity index (χ2v) is 6.25. The number of nitrogens with one attached hydrogen (secondary N) is 1. The van der Waals surface area contributed by atoms with Gasteiger partial charge in [0.05, 0.1) is 14.2 Å². The van der Waals surface area contributed by atoms with E-state index in [1.54, 1.807) is 36.3 Å². The van der Waals surface area contributed by atoms with Gasteiger partial charge in [-0.2, -0.15) is 0 Å². The van der Waals surface area contributed by atoms with Crippen molar-refractivity contribution in [2.75, 3.05) is 32.6 Å². The topological polar surface area (TPSA) is 80.8 Å². The molecule has 7 heteroatoms. The molecule has 0 fully saturated rings. The van der Waals surface area contributed by atoms with Crippen molar-refractivity contribution in [3.05, 3.63) is 47.8 Å². The van der Waals surface area contributed by atoms with Gasteiger partial charge in [-0.3, -0.25) is 14.6 Å². The summed E-state index contributed by atoms with van der Waals surface area (Å²) in [5, 5.41) is 2.80. The van der Waals surface area contributed by atoms with Crippen LogP contribution in [0.25, 0.3) is 0 Å². The lowest BCUT2D eigenvalue weighted by Gasteiger charge is -2.21. The molecule has 0 atom stereocenters. The van der Waals surface area contributed by atoms with Crippen LogP contribution in [0.4, 0.5) is 5.69 Å². The van der Waals surface area contributed by atoms with Gasteiger partial charge in [0.1, 0.15) is 5.69 Å². The first kappa shape index (κ1) is 21.2. The van der Waals surface area contributed by atoms with Crippen LogP contribution < -0.4 is 14.8 Å². The van der Waals surface area contributed by atoms with Gasteiger partial charge in [-0.1, -0.05) is 13.8 Å². The summed E-state index contributed by atoms with van der Waals surface area (Å²) in [5.41, 5.74) is 1.19. The van der Waals surface area contributed by atoms with Crippen molar-refractivity contribution in [2.24, 2.45) is 0 Å². The first-order chi connectivity index (χ1) is 13.5. The molecule has 1 N–H and O–H groups in total. The van der Waals surface area contributed by atoms with E-state index < -0.39 is 0 Å². The summed E-state index contributed by atoms with van der Waals surface area (Å²) in [4.78, 5) is 31.3. The number of ether oxygens (including phenoxy) is 2. The molecule has 1 heterocycles. The van der Waals surface area contributed by atoms with Crippen molar-refractivity contribution in [3.63, 3.8) is 0 Å². The van der Waals surface area contributed by atoms with E-state index in [4.69, 9.17) is 9.47 Å². The van der Waals surface area contributed by atoms with Crippen LogP contribution in [0.2, 0.25) is 0 Å². The second kappa shape index (κ2) is 10.3. The number of hydrogen-bond acceptors (Lipinski definition) is 5. The Morgan fingerprint density at radius 2 is 1.68 bits per heavy atom. The van der Waals surface area contributed by atoms with Gasteiger partial charge in [0, 0.05) is 36.6 Å². The number of carbonyl (C=O) groups excluding carboxylic acids is 2. The minimum atomic E-state index is -0.332. The summed E-state index contributed by atoms with van der Waals surface area (Å²) < 4.78 is 10.4. The highest BCUT2D eigenvalue weighted by molar-refractivity contribution is 6.05. The predicted octanol–water partition coefficient (Wildman–Crippen LogP) is 3.61. The SMILES string of the molecule is CCCN(CCC)C(=O)c1cc(C(=O)Nc2ccc(OC)c(OC)c2)ccn1. The summed E-state index contributed by atoms with van der Waals surface area (Å²) in [7, 11) is 3.08. The van der Waals surface area contributed by atoms with Crippen LogP contribution in [0.5, 0.6) is 11.5 Å². The second-order valence-electron chi connectivity index (χ2n) is 6.25. The third-order valence-electron chi connectivity index (χ3n) is 4.16. The molecule has 7 nitrogen and oxygen atoms in total. The zero-order valence-electron chi connectivity index (χ0n) is 16.8. The maximum atomic E-state index is 12.7. The fourth-order valence-corrected chi connectivity index (χ4v) is 2.82. The lowest BCUT2D eigenvalue weighted by molar-refractivity contribution is 0.0749. The predicted molar refractivity (Wildman–Crippen MR) is 108 cm³/mol. The highest BCUT2D eigenvalue weighted by atomic mass is 16.5. The largest absolute Gasteiger partial charge is 0.493 e. The maximum absolute atomic E-state index is 12.7. The molecular weight excluding hydrogens is 358 g/mol. The number of methoxy groups -OCH3 is 2. The highest BCUT2D eigenvalue weighted by Gasteiger charge is 2.18. The summed E-state index contributed by atoms with van der Waals surface area (Å²) >= 11 is 0. The number of hydrogen-bond donors (Lipinski definition) is 1.